The molecule has 3 heteroatoms. The van der Waals surface area contributed by atoms with Crippen LogP contribution in [0.1, 0.15) is 25.1 Å². The van der Waals surface area contributed by atoms with Crippen LogP contribution in [0.3, 0.4) is 0 Å². The molecule has 1 aliphatic rings. The maximum absolute atomic E-state index is 4.11. The molecular formula is C9H15N3. The Kier molecular flexibility index (Phi) is 1.89. The van der Waals surface area contributed by atoms with Crippen molar-refractivity contribution in [2.45, 2.75) is 19.4 Å². The molecule has 1 saturated heterocycles. The lowest BCUT2D eigenvalue weighted by Gasteiger charge is -2.09. The summed E-state index contributed by atoms with van der Waals surface area (Å²) in [7, 11) is 2.05. The van der Waals surface area contributed by atoms with E-state index in [2.05, 4.69) is 21.8 Å². The minimum atomic E-state index is 0.521. The fourth-order valence-corrected chi connectivity index (χ4v) is 1.84. The lowest BCUT2D eigenvalue weighted by atomic mass is 10.1. The summed E-state index contributed by atoms with van der Waals surface area (Å²) >= 11 is 0. The second kappa shape index (κ2) is 2.90. The molecule has 2 atom stereocenters. The molecule has 0 spiro atoms. The predicted molar refractivity (Wildman–Crippen MR) is 47.7 cm³/mol. The molecule has 66 valence electrons. The lowest BCUT2D eigenvalue weighted by molar-refractivity contribution is 0.579. The van der Waals surface area contributed by atoms with Gasteiger partial charge in [0.25, 0.3) is 0 Å². The average Bonchev–Trinajstić information content (AvgIpc) is 2.58. The summed E-state index contributed by atoms with van der Waals surface area (Å²) < 4.78 is 2.09. The maximum atomic E-state index is 4.11. The number of rotatable bonds is 1. The van der Waals surface area contributed by atoms with Crippen LogP contribution in [-0.2, 0) is 7.05 Å². The molecule has 1 N–H and O–H groups in total. The van der Waals surface area contributed by atoms with E-state index >= 15 is 0 Å². The molecule has 1 aromatic rings. The summed E-state index contributed by atoms with van der Waals surface area (Å²) in [4.78, 5) is 4.11. The minimum Gasteiger partial charge on any atom is -0.336 e. The van der Waals surface area contributed by atoms with Crippen LogP contribution >= 0.6 is 0 Å². The number of nitrogens with one attached hydrogen (secondary N) is 1. The third kappa shape index (κ3) is 1.25. The van der Waals surface area contributed by atoms with E-state index in [9.17, 15) is 0 Å². The number of nitrogens with zero attached hydrogens (tertiary/aromatic N) is 2. The van der Waals surface area contributed by atoms with Crippen molar-refractivity contribution in [1.82, 2.24) is 14.9 Å². The van der Waals surface area contributed by atoms with Crippen LogP contribution in [0.15, 0.2) is 12.5 Å². The summed E-state index contributed by atoms with van der Waals surface area (Å²) in [5, 5.41) is 3.49. The van der Waals surface area contributed by atoms with Crippen LogP contribution in [-0.4, -0.2) is 16.1 Å². The van der Waals surface area contributed by atoms with Gasteiger partial charge in [0.2, 0.25) is 0 Å². The van der Waals surface area contributed by atoms with E-state index in [1.165, 1.54) is 12.1 Å². The topological polar surface area (TPSA) is 29.9 Å². The molecule has 0 saturated carbocycles. The molecule has 12 heavy (non-hydrogen) atoms. The maximum Gasteiger partial charge on any atom is 0.0946 e. The first kappa shape index (κ1) is 7.80. The molecular weight excluding hydrogens is 150 g/mol. The van der Waals surface area contributed by atoms with Crippen molar-refractivity contribution < 1.29 is 0 Å². The molecule has 1 aromatic heterocycles. The van der Waals surface area contributed by atoms with E-state index < -0.39 is 0 Å². The van der Waals surface area contributed by atoms with Crippen molar-refractivity contribution in [3.05, 3.63) is 18.2 Å². The standard InChI is InChI=1S/C9H15N3/c1-7-3-8(11-4-7)9-5-10-6-12(9)2/h5-8,11H,3-4H2,1-2H3. The van der Waals surface area contributed by atoms with Crippen molar-refractivity contribution in [2.75, 3.05) is 6.54 Å². The monoisotopic (exact) mass is 165 g/mol. The molecule has 0 aromatic carbocycles. The normalized spacial score (nSPS) is 29.5. The molecule has 2 unspecified atom stereocenters. The first-order valence-corrected chi connectivity index (χ1v) is 4.47. The summed E-state index contributed by atoms with van der Waals surface area (Å²) in [6, 6.07) is 0.521. The Morgan fingerprint density at radius 1 is 1.67 bits per heavy atom. The minimum absolute atomic E-state index is 0.521. The summed E-state index contributed by atoms with van der Waals surface area (Å²) in [6.07, 6.45) is 5.05. The molecule has 2 heterocycles. The third-order valence-electron chi connectivity index (χ3n) is 2.56. The lowest BCUT2D eigenvalue weighted by Crippen LogP contribution is -2.15. The summed E-state index contributed by atoms with van der Waals surface area (Å²) in [5.41, 5.74) is 1.30. The van der Waals surface area contributed by atoms with Crippen LogP contribution in [0.5, 0.6) is 0 Å². The molecule has 3 nitrogen and oxygen atoms in total. The largest absolute Gasteiger partial charge is 0.336 e. The Balaban J connectivity index is 2.16. The first-order chi connectivity index (χ1) is 5.77. The molecule has 0 radical (unpaired) electrons. The molecule has 0 aliphatic carbocycles. The SMILES string of the molecule is CC1CNC(c2cncn2C)C1. The van der Waals surface area contributed by atoms with Crippen LogP contribution in [0.2, 0.25) is 0 Å². The fourth-order valence-electron chi connectivity index (χ4n) is 1.84. The zero-order chi connectivity index (χ0) is 8.55. The highest BCUT2D eigenvalue weighted by Gasteiger charge is 2.23. The van der Waals surface area contributed by atoms with E-state index in [1.807, 2.05) is 19.6 Å². The molecule has 0 amide bonds. The first-order valence-electron chi connectivity index (χ1n) is 4.47. The van der Waals surface area contributed by atoms with Gasteiger partial charge < -0.3 is 9.88 Å². The second-order valence-electron chi connectivity index (χ2n) is 3.73. The van der Waals surface area contributed by atoms with Gasteiger partial charge in [0, 0.05) is 19.3 Å². The van der Waals surface area contributed by atoms with Crippen molar-refractivity contribution in [3.63, 3.8) is 0 Å². The highest BCUT2D eigenvalue weighted by atomic mass is 15.1. The Morgan fingerprint density at radius 2 is 2.50 bits per heavy atom. The van der Waals surface area contributed by atoms with Gasteiger partial charge in [-0.15, -0.1) is 0 Å². The van der Waals surface area contributed by atoms with Gasteiger partial charge in [-0.2, -0.15) is 0 Å². The van der Waals surface area contributed by atoms with Crippen molar-refractivity contribution in [1.29, 1.82) is 0 Å². The second-order valence-corrected chi connectivity index (χ2v) is 3.73. The van der Waals surface area contributed by atoms with Gasteiger partial charge in [-0.1, -0.05) is 6.92 Å². The van der Waals surface area contributed by atoms with Gasteiger partial charge in [0.05, 0.1) is 12.0 Å². The van der Waals surface area contributed by atoms with E-state index in [1.54, 1.807) is 0 Å². The van der Waals surface area contributed by atoms with Crippen LogP contribution in [0, 0.1) is 5.92 Å². The van der Waals surface area contributed by atoms with Gasteiger partial charge in [-0.25, -0.2) is 4.98 Å². The molecule has 1 aliphatic heterocycles. The van der Waals surface area contributed by atoms with E-state index in [0.29, 0.717) is 6.04 Å². The Labute approximate surface area is 72.8 Å². The summed E-state index contributed by atoms with van der Waals surface area (Å²) in [6.45, 7) is 3.42. The van der Waals surface area contributed by atoms with Crippen LogP contribution < -0.4 is 5.32 Å². The Hall–Kier alpha value is -0.830. The Bertz CT molecular complexity index is 266. The van der Waals surface area contributed by atoms with E-state index in [0.717, 1.165) is 12.5 Å². The third-order valence-corrected chi connectivity index (χ3v) is 2.56. The van der Waals surface area contributed by atoms with Crippen molar-refractivity contribution >= 4 is 0 Å². The van der Waals surface area contributed by atoms with Gasteiger partial charge >= 0.3 is 0 Å². The summed E-state index contributed by atoms with van der Waals surface area (Å²) in [5.74, 6) is 0.796. The zero-order valence-corrected chi connectivity index (χ0v) is 7.62. The van der Waals surface area contributed by atoms with Crippen molar-refractivity contribution in [2.24, 2.45) is 13.0 Å². The predicted octanol–water partition coefficient (Wildman–Crippen LogP) is 1.09. The van der Waals surface area contributed by atoms with Crippen LogP contribution in [0.25, 0.3) is 0 Å². The molecule has 0 bridgehead atoms. The number of aryl methyl sites for hydroxylation is 1. The van der Waals surface area contributed by atoms with E-state index in [-0.39, 0.29) is 0 Å². The highest BCUT2D eigenvalue weighted by molar-refractivity contribution is 5.07. The van der Waals surface area contributed by atoms with Gasteiger partial charge in [-0.3, -0.25) is 0 Å². The highest BCUT2D eigenvalue weighted by Crippen LogP contribution is 2.25. The van der Waals surface area contributed by atoms with Crippen molar-refractivity contribution in [3.8, 4) is 0 Å². The van der Waals surface area contributed by atoms with Gasteiger partial charge in [-0.05, 0) is 18.9 Å². The average molecular weight is 165 g/mol. The quantitative estimate of drug-likeness (QED) is 0.675. The molecule has 1 fully saturated rings. The Morgan fingerprint density at radius 3 is 3.00 bits per heavy atom. The number of hydrogen-bond donors (Lipinski definition) is 1. The van der Waals surface area contributed by atoms with E-state index in [4.69, 9.17) is 0 Å². The zero-order valence-electron chi connectivity index (χ0n) is 7.62. The van der Waals surface area contributed by atoms with Gasteiger partial charge in [0.1, 0.15) is 0 Å². The fraction of sp³-hybridized carbons (Fsp3) is 0.667. The van der Waals surface area contributed by atoms with Crippen LogP contribution in [0.4, 0.5) is 0 Å². The van der Waals surface area contributed by atoms with Gasteiger partial charge in [0.15, 0.2) is 0 Å². The molecule has 2 rings (SSSR count). The smallest absolute Gasteiger partial charge is 0.0946 e. The number of hydrogen-bond acceptors (Lipinski definition) is 2. The number of imidazole rings is 1. The number of aromatic nitrogens is 2.